The van der Waals surface area contributed by atoms with Crippen LogP contribution < -0.4 is 10.5 Å². The van der Waals surface area contributed by atoms with Crippen molar-refractivity contribution in [1.82, 2.24) is 4.90 Å². The average molecular weight is 287 g/mol. The van der Waals surface area contributed by atoms with E-state index in [9.17, 15) is 0 Å². The van der Waals surface area contributed by atoms with Gasteiger partial charge in [0.25, 0.3) is 0 Å². The normalized spacial score (nSPS) is 10.4. The highest BCUT2D eigenvalue weighted by atomic mass is 35.5. The Morgan fingerprint density at radius 2 is 2.00 bits per heavy atom. The predicted molar refractivity (Wildman–Crippen MR) is 84.2 cm³/mol. The molecule has 0 saturated carbocycles. The standard InChI is InChI=1S/C15H26N2O.ClH/c1-4-10-18-15-8-7-13(6-5-9-16)11-14(15)12-17(2)3;/h7-8,11H,4-6,9-10,12,16H2,1-3H3;1H. The van der Waals surface area contributed by atoms with E-state index in [1.165, 1.54) is 11.1 Å². The first-order chi connectivity index (χ1) is 8.67. The quantitative estimate of drug-likeness (QED) is 0.799. The van der Waals surface area contributed by atoms with E-state index in [2.05, 4.69) is 44.1 Å². The Morgan fingerprint density at radius 1 is 1.26 bits per heavy atom. The molecule has 0 radical (unpaired) electrons. The third-order valence-electron chi connectivity index (χ3n) is 2.74. The van der Waals surface area contributed by atoms with Gasteiger partial charge in [0.15, 0.2) is 0 Å². The molecule has 0 atom stereocenters. The lowest BCUT2D eigenvalue weighted by molar-refractivity contribution is 0.306. The molecule has 2 N–H and O–H groups in total. The predicted octanol–water partition coefficient (Wildman–Crippen LogP) is 2.85. The third-order valence-corrected chi connectivity index (χ3v) is 2.74. The van der Waals surface area contributed by atoms with Crippen molar-refractivity contribution in [3.63, 3.8) is 0 Å². The summed E-state index contributed by atoms with van der Waals surface area (Å²) in [6.07, 6.45) is 3.12. The largest absolute Gasteiger partial charge is 0.493 e. The molecular formula is C15H27ClN2O. The summed E-state index contributed by atoms with van der Waals surface area (Å²) in [6.45, 7) is 4.57. The molecule has 0 aliphatic heterocycles. The second kappa shape index (κ2) is 10.1. The zero-order chi connectivity index (χ0) is 13.4. The van der Waals surface area contributed by atoms with Crippen molar-refractivity contribution < 1.29 is 4.74 Å². The minimum absolute atomic E-state index is 0. The van der Waals surface area contributed by atoms with Crippen LogP contribution in [0.15, 0.2) is 18.2 Å². The molecule has 1 aromatic rings. The van der Waals surface area contributed by atoms with Gasteiger partial charge >= 0.3 is 0 Å². The minimum atomic E-state index is 0. The monoisotopic (exact) mass is 286 g/mol. The molecule has 0 fully saturated rings. The zero-order valence-electron chi connectivity index (χ0n) is 12.3. The highest BCUT2D eigenvalue weighted by Gasteiger charge is 2.06. The number of hydrogen-bond donors (Lipinski definition) is 1. The number of benzene rings is 1. The van der Waals surface area contributed by atoms with Crippen molar-refractivity contribution in [2.45, 2.75) is 32.7 Å². The van der Waals surface area contributed by atoms with Gasteiger partial charge in [-0.15, -0.1) is 12.4 Å². The van der Waals surface area contributed by atoms with Crippen LogP contribution in [0.5, 0.6) is 5.75 Å². The van der Waals surface area contributed by atoms with Crippen LogP contribution in [0, 0.1) is 0 Å². The Morgan fingerprint density at radius 3 is 2.58 bits per heavy atom. The van der Waals surface area contributed by atoms with Gasteiger partial charge < -0.3 is 15.4 Å². The lowest BCUT2D eigenvalue weighted by Crippen LogP contribution is -2.12. The van der Waals surface area contributed by atoms with E-state index in [0.29, 0.717) is 0 Å². The molecule has 3 nitrogen and oxygen atoms in total. The van der Waals surface area contributed by atoms with Crippen LogP contribution in [0.3, 0.4) is 0 Å². The number of halogens is 1. The van der Waals surface area contributed by atoms with E-state index in [1.54, 1.807) is 0 Å². The first-order valence-electron chi connectivity index (χ1n) is 6.76. The van der Waals surface area contributed by atoms with Crippen molar-refractivity contribution in [1.29, 1.82) is 0 Å². The van der Waals surface area contributed by atoms with E-state index in [-0.39, 0.29) is 12.4 Å². The summed E-state index contributed by atoms with van der Waals surface area (Å²) in [5.74, 6) is 1.02. The first kappa shape index (κ1) is 18.2. The molecular weight excluding hydrogens is 260 g/mol. The van der Waals surface area contributed by atoms with E-state index in [1.807, 2.05) is 0 Å². The summed E-state index contributed by atoms with van der Waals surface area (Å²) in [5, 5.41) is 0. The fourth-order valence-electron chi connectivity index (χ4n) is 1.91. The molecule has 0 saturated heterocycles. The Kier molecular flexibility index (Phi) is 9.66. The highest BCUT2D eigenvalue weighted by molar-refractivity contribution is 5.85. The van der Waals surface area contributed by atoms with Crippen LogP contribution in [0.2, 0.25) is 0 Å². The van der Waals surface area contributed by atoms with Gasteiger partial charge in [-0.1, -0.05) is 19.1 Å². The molecule has 1 aromatic carbocycles. The van der Waals surface area contributed by atoms with E-state index < -0.39 is 0 Å². The molecule has 0 aromatic heterocycles. The SMILES string of the molecule is CCCOc1ccc(CCCN)cc1CN(C)C.Cl. The maximum absolute atomic E-state index is 5.80. The van der Waals surface area contributed by atoms with Gasteiger partial charge in [0.1, 0.15) is 5.75 Å². The Balaban J connectivity index is 0.00000324. The number of ether oxygens (including phenoxy) is 1. The maximum atomic E-state index is 5.80. The van der Waals surface area contributed by atoms with Crippen LogP contribution in [0.1, 0.15) is 30.9 Å². The van der Waals surface area contributed by atoms with Gasteiger partial charge in [0.05, 0.1) is 6.61 Å². The van der Waals surface area contributed by atoms with Crippen molar-refractivity contribution in [2.24, 2.45) is 5.73 Å². The van der Waals surface area contributed by atoms with Crippen LogP contribution in [-0.2, 0) is 13.0 Å². The van der Waals surface area contributed by atoms with Crippen LogP contribution in [0.25, 0.3) is 0 Å². The molecule has 0 aliphatic carbocycles. The molecule has 0 spiro atoms. The van der Waals surface area contributed by atoms with Crippen LogP contribution in [-0.4, -0.2) is 32.1 Å². The van der Waals surface area contributed by atoms with E-state index in [0.717, 1.165) is 44.7 Å². The fraction of sp³-hybridized carbons (Fsp3) is 0.600. The van der Waals surface area contributed by atoms with E-state index >= 15 is 0 Å². The molecule has 0 unspecified atom stereocenters. The molecule has 0 bridgehead atoms. The van der Waals surface area contributed by atoms with Crippen molar-refractivity contribution in [3.8, 4) is 5.75 Å². The van der Waals surface area contributed by atoms with Gasteiger partial charge in [0, 0.05) is 12.1 Å². The van der Waals surface area contributed by atoms with Gasteiger partial charge in [-0.25, -0.2) is 0 Å². The summed E-state index contributed by atoms with van der Waals surface area (Å²) in [5.41, 5.74) is 8.17. The Bertz CT molecular complexity index is 356. The summed E-state index contributed by atoms with van der Waals surface area (Å²) in [4.78, 5) is 2.17. The lowest BCUT2D eigenvalue weighted by atomic mass is 10.1. The average Bonchev–Trinajstić information content (AvgIpc) is 2.34. The molecule has 110 valence electrons. The molecule has 0 aliphatic rings. The second-order valence-electron chi connectivity index (χ2n) is 4.92. The van der Waals surface area contributed by atoms with Crippen molar-refractivity contribution in [3.05, 3.63) is 29.3 Å². The summed E-state index contributed by atoms with van der Waals surface area (Å²) < 4.78 is 5.80. The Labute approximate surface area is 123 Å². The topological polar surface area (TPSA) is 38.5 Å². The van der Waals surface area contributed by atoms with Gasteiger partial charge in [-0.3, -0.25) is 0 Å². The minimum Gasteiger partial charge on any atom is -0.493 e. The van der Waals surface area contributed by atoms with Gasteiger partial charge in [-0.05, 0) is 51.5 Å². The second-order valence-corrected chi connectivity index (χ2v) is 4.92. The fourth-order valence-corrected chi connectivity index (χ4v) is 1.91. The molecule has 0 heterocycles. The summed E-state index contributed by atoms with van der Waals surface area (Å²) in [6, 6.07) is 6.50. The number of nitrogens with two attached hydrogens (primary N) is 1. The molecule has 1 rings (SSSR count). The van der Waals surface area contributed by atoms with E-state index in [4.69, 9.17) is 10.5 Å². The molecule has 0 amide bonds. The maximum Gasteiger partial charge on any atom is 0.123 e. The van der Waals surface area contributed by atoms with Gasteiger partial charge in [0.2, 0.25) is 0 Å². The number of nitrogens with zero attached hydrogens (tertiary/aromatic N) is 1. The van der Waals surface area contributed by atoms with Crippen molar-refractivity contribution >= 4 is 12.4 Å². The summed E-state index contributed by atoms with van der Waals surface area (Å²) >= 11 is 0. The van der Waals surface area contributed by atoms with Crippen LogP contribution >= 0.6 is 12.4 Å². The smallest absolute Gasteiger partial charge is 0.123 e. The Hall–Kier alpha value is -0.770. The molecule has 4 heteroatoms. The van der Waals surface area contributed by atoms with Crippen molar-refractivity contribution in [2.75, 3.05) is 27.2 Å². The van der Waals surface area contributed by atoms with Gasteiger partial charge in [-0.2, -0.15) is 0 Å². The zero-order valence-corrected chi connectivity index (χ0v) is 13.1. The molecule has 19 heavy (non-hydrogen) atoms. The number of hydrogen-bond acceptors (Lipinski definition) is 3. The lowest BCUT2D eigenvalue weighted by Gasteiger charge is -2.16. The third kappa shape index (κ3) is 6.81. The highest BCUT2D eigenvalue weighted by Crippen LogP contribution is 2.22. The summed E-state index contributed by atoms with van der Waals surface area (Å²) in [7, 11) is 4.16. The number of aryl methyl sites for hydroxylation is 1. The van der Waals surface area contributed by atoms with Crippen LogP contribution in [0.4, 0.5) is 0 Å². The first-order valence-corrected chi connectivity index (χ1v) is 6.76. The number of rotatable bonds is 8.